The van der Waals surface area contributed by atoms with Gasteiger partial charge in [-0.3, -0.25) is 4.79 Å². The van der Waals surface area contributed by atoms with Crippen LogP contribution in [0, 0.1) is 19.8 Å². The second-order valence-corrected chi connectivity index (χ2v) is 5.42. The summed E-state index contributed by atoms with van der Waals surface area (Å²) in [5, 5.41) is 0. The third-order valence-electron chi connectivity index (χ3n) is 3.40. The number of hydrogen-bond acceptors (Lipinski definition) is 2. The third kappa shape index (κ3) is 4.03. The van der Waals surface area contributed by atoms with E-state index in [1.807, 2.05) is 45.9 Å². The first-order chi connectivity index (χ1) is 8.86. The van der Waals surface area contributed by atoms with Gasteiger partial charge in [0.25, 0.3) is 5.91 Å². The highest BCUT2D eigenvalue weighted by atomic mass is 32.1. The molecule has 0 bridgehead atoms. The molecule has 0 aromatic heterocycles. The van der Waals surface area contributed by atoms with Crippen molar-refractivity contribution >= 4 is 23.1 Å². The zero-order valence-corrected chi connectivity index (χ0v) is 12.9. The summed E-state index contributed by atoms with van der Waals surface area (Å²) in [6.45, 7) is 9.18. The highest BCUT2D eigenvalue weighted by Gasteiger charge is 2.18. The Hall–Kier alpha value is -1.42. The highest BCUT2D eigenvalue weighted by Crippen LogP contribution is 2.13. The van der Waals surface area contributed by atoms with Crippen molar-refractivity contribution in [1.82, 2.24) is 4.90 Å². The molecule has 19 heavy (non-hydrogen) atoms. The monoisotopic (exact) mass is 278 g/mol. The van der Waals surface area contributed by atoms with E-state index in [-0.39, 0.29) is 11.8 Å². The molecule has 0 saturated carbocycles. The molecule has 0 aliphatic rings. The molecular weight excluding hydrogens is 256 g/mol. The fourth-order valence-corrected chi connectivity index (χ4v) is 1.91. The van der Waals surface area contributed by atoms with E-state index in [0.29, 0.717) is 18.1 Å². The van der Waals surface area contributed by atoms with E-state index in [1.165, 1.54) is 5.56 Å². The van der Waals surface area contributed by atoms with Gasteiger partial charge in [-0.1, -0.05) is 25.2 Å². The van der Waals surface area contributed by atoms with Crippen LogP contribution >= 0.6 is 12.2 Å². The average Bonchev–Trinajstić information content (AvgIpc) is 2.37. The van der Waals surface area contributed by atoms with Crippen molar-refractivity contribution in [3.05, 3.63) is 34.9 Å². The molecule has 1 aromatic rings. The van der Waals surface area contributed by atoms with Crippen molar-refractivity contribution in [1.29, 1.82) is 0 Å². The smallest absolute Gasteiger partial charge is 0.253 e. The molecule has 0 saturated heterocycles. The Morgan fingerprint density at radius 3 is 2.47 bits per heavy atom. The summed E-state index contributed by atoms with van der Waals surface area (Å²) in [7, 11) is 0. The zero-order valence-electron chi connectivity index (χ0n) is 12.1. The number of aryl methyl sites for hydroxylation is 2. The van der Waals surface area contributed by atoms with Gasteiger partial charge in [0.2, 0.25) is 0 Å². The quantitative estimate of drug-likeness (QED) is 0.842. The minimum absolute atomic E-state index is 0.0328. The molecule has 0 spiro atoms. The third-order valence-corrected chi connectivity index (χ3v) is 3.81. The molecule has 1 aromatic carbocycles. The Balaban J connectivity index is 2.89. The van der Waals surface area contributed by atoms with Crippen LogP contribution in [0.1, 0.15) is 35.3 Å². The molecule has 2 N–H and O–H groups in total. The number of nitrogens with zero attached hydrogens (tertiary/aromatic N) is 1. The first kappa shape index (κ1) is 15.6. The molecule has 0 heterocycles. The summed E-state index contributed by atoms with van der Waals surface area (Å²) < 4.78 is 0. The molecule has 1 unspecified atom stereocenters. The van der Waals surface area contributed by atoms with Gasteiger partial charge >= 0.3 is 0 Å². The average molecular weight is 278 g/mol. The summed E-state index contributed by atoms with van der Waals surface area (Å²) in [6, 6.07) is 5.79. The molecule has 104 valence electrons. The number of nitrogens with two attached hydrogens (primary N) is 1. The molecule has 0 radical (unpaired) electrons. The van der Waals surface area contributed by atoms with E-state index in [4.69, 9.17) is 18.0 Å². The maximum atomic E-state index is 12.4. The molecule has 1 atom stereocenters. The van der Waals surface area contributed by atoms with Crippen LogP contribution in [0.3, 0.4) is 0 Å². The van der Waals surface area contributed by atoms with Crippen molar-refractivity contribution < 1.29 is 4.79 Å². The van der Waals surface area contributed by atoms with Crippen LogP contribution < -0.4 is 5.73 Å². The second kappa shape index (κ2) is 6.66. The summed E-state index contributed by atoms with van der Waals surface area (Å²) in [6.07, 6.45) is 0. The summed E-state index contributed by atoms with van der Waals surface area (Å²) in [5.41, 5.74) is 8.66. The number of carbonyl (C=O) groups excluding carboxylic acids is 1. The van der Waals surface area contributed by atoms with Crippen LogP contribution in [0.25, 0.3) is 0 Å². The Morgan fingerprint density at radius 2 is 2.00 bits per heavy atom. The van der Waals surface area contributed by atoms with E-state index in [2.05, 4.69) is 0 Å². The summed E-state index contributed by atoms with van der Waals surface area (Å²) >= 11 is 4.97. The molecular formula is C15H22N2OS. The fourth-order valence-electron chi connectivity index (χ4n) is 1.83. The maximum absolute atomic E-state index is 12.4. The maximum Gasteiger partial charge on any atom is 0.253 e. The molecule has 4 heteroatoms. The van der Waals surface area contributed by atoms with Crippen molar-refractivity contribution in [3.8, 4) is 0 Å². The Kier molecular flexibility index (Phi) is 5.48. The van der Waals surface area contributed by atoms with Crippen LogP contribution in [-0.2, 0) is 0 Å². The van der Waals surface area contributed by atoms with Gasteiger partial charge in [0.1, 0.15) is 0 Å². The lowest BCUT2D eigenvalue weighted by Gasteiger charge is -2.24. The lowest BCUT2D eigenvalue weighted by molar-refractivity contribution is 0.0755. The van der Waals surface area contributed by atoms with Crippen LogP contribution in [0.2, 0.25) is 0 Å². The minimum atomic E-state index is 0.0328. The lowest BCUT2D eigenvalue weighted by Crippen LogP contribution is -2.38. The number of thiocarbonyl (C=S) groups is 1. The highest BCUT2D eigenvalue weighted by molar-refractivity contribution is 7.80. The Labute approximate surface area is 120 Å². The first-order valence-electron chi connectivity index (χ1n) is 6.52. The van der Waals surface area contributed by atoms with Gasteiger partial charge in [-0.05, 0) is 44.0 Å². The van der Waals surface area contributed by atoms with Crippen LogP contribution in [0.5, 0.6) is 0 Å². The van der Waals surface area contributed by atoms with Gasteiger partial charge in [0.05, 0.1) is 4.99 Å². The van der Waals surface area contributed by atoms with Crippen LogP contribution in [0.4, 0.5) is 0 Å². The van der Waals surface area contributed by atoms with Crippen LogP contribution in [-0.4, -0.2) is 28.9 Å². The molecule has 0 fully saturated rings. The van der Waals surface area contributed by atoms with Gasteiger partial charge < -0.3 is 10.6 Å². The van der Waals surface area contributed by atoms with E-state index < -0.39 is 0 Å². The standard InChI is InChI=1S/C15H22N2OS/c1-5-17(9-12(4)14(16)19)15(18)13-7-6-10(2)11(3)8-13/h6-8,12H,5,9H2,1-4H3,(H2,16,19). The number of rotatable bonds is 5. The topological polar surface area (TPSA) is 46.3 Å². The van der Waals surface area contributed by atoms with E-state index in [0.717, 1.165) is 11.1 Å². The lowest BCUT2D eigenvalue weighted by atomic mass is 10.0. The van der Waals surface area contributed by atoms with Crippen molar-refractivity contribution in [2.45, 2.75) is 27.7 Å². The van der Waals surface area contributed by atoms with Crippen LogP contribution in [0.15, 0.2) is 18.2 Å². The summed E-state index contributed by atoms with van der Waals surface area (Å²) in [4.78, 5) is 14.7. The number of hydrogen-bond donors (Lipinski definition) is 1. The fraction of sp³-hybridized carbons (Fsp3) is 0.467. The SMILES string of the molecule is CCN(CC(C)C(N)=S)C(=O)c1ccc(C)c(C)c1. The Bertz CT molecular complexity index is 485. The predicted octanol–water partition coefficient (Wildman–Crippen LogP) is 2.69. The normalized spacial score (nSPS) is 12.0. The van der Waals surface area contributed by atoms with Gasteiger partial charge in [-0.2, -0.15) is 0 Å². The van der Waals surface area contributed by atoms with Crippen molar-refractivity contribution in [2.24, 2.45) is 11.7 Å². The number of carbonyl (C=O) groups is 1. The van der Waals surface area contributed by atoms with Crippen molar-refractivity contribution in [3.63, 3.8) is 0 Å². The zero-order chi connectivity index (χ0) is 14.6. The van der Waals surface area contributed by atoms with E-state index in [1.54, 1.807) is 4.90 Å². The number of amides is 1. The second-order valence-electron chi connectivity index (χ2n) is 4.95. The predicted molar refractivity (Wildman–Crippen MR) is 83.4 cm³/mol. The van der Waals surface area contributed by atoms with E-state index in [9.17, 15) is 4.79 Å². The molecule has 3 nitrogen and oxygen atoms in total. The first-order valence-corrected chi connectivity index (χ1v) is 6.93. The number of benzene rings is 1. The largest absolute Gasteiger partial charge is 0.393 e. The van der Waals surface area contributed by atoms with Gasteiger partial charge in [-0.25, -0.2) is 0 Å². The van der Waals surface area contributed by atoms with Gasteiger partial charge in [-0.15, -0.1) is 0 Å². The molecule has 1 amide bonds. The molecule has 0 aliphatic heterocycles. The van der Waals surface area contributed by atoms with Crippen molar-refractivity contribution in [2.75, 3.05) is 13.1 Å². The van der Waals surface area contributed by atoms with Gasteiger partial charge in [0, 0.05) is 24.6 Å². The van der Waals surface area contributed by atoms with Gasteiger partial charge in [0.15, 0.2) is 0 Å². The van der Waals surface area contributed by atoms with E-state index >= 15 is 0 Å². The summed E-state index contributed by atoms with van der Waals surface area (Å²) in [5.74, 6) is 0.0687. The minimum Gasteiger partial charge on any atom is -0.393 e. The molecule has 1 rings (SSSR count). The molecule has 0 aliphatic carbocycles. The Morgan fingerprint density at radius 1 is 1.37 bits per heavy atom.